The topological polar surface area (TPSA) is 60.9 Å². The SMILES string of the molecule is CC[C@@H](O)CN1CCN(S(=O)(=O)c2ccc(C)cc2C)CC1. The Kier molecular flexibility index (Phi) is 5.60. The molecule has 0 radical (unpaired) electrons. The quantitative estimate of drug-likeness (QED) is 0.888. The van der Waals surface area contributed by atoms with Crippen LogP contribution in [0.2, 0.25) is 0 Å². The maximum absolute atomic E-state index is 12.8. The van der Waals surface area contributed by atoms with Crippen molar-refractivity contribution < 1.29 is 13.5 Å². The number of aliphatic hydroxyl groups is 1. The molecular formula is C16H26N2O3S. The zero-order valence-electron chi connectivity index (χ0n) is 13.6. The Morgan fingerprint density at radius 3 is 2.36 bits per heavy atom. The number of hydrogen-bond donors (Lipinski definition) is 1. The standard InChI is InChI=1S/C16H26N2O3S/c1-4-15(19)12-17-7-9-18(10-8-17)22(20,21)16-6-5-13(2)11-14(16)3/h5-6,11,15,19H,4,7-10,12H2,1-3H3/t15-/m1/s1. The minimum absolute atomic E-state index is 0.331. The number of benzene rings is 1. The first-order valence-electron chi connectivity index (χ1n) is 7.82. The molecule has 0 aliphatic carbocycles. The number of aliphatic hydroxyl groups excluding tert-OH is 1. The van der Waals surface area contributed by atoms with Crippen LogP contribution < -0.4 is 0 Å². The van der Waals surface area contributed by atoms with Crippen molar-refractivity contribution in [3.8, 4) is 0 Å². The molecule has 0 spiro atoms. The van der Waals surface area contributed by atoms with Crippen LogP contribution >= 0.6 is 0 Å². The van der Waals surface area contributed by atoms with E-state index >= 15 is 0 Å². The number of sulfonamides is 1. The van der Waals surface area contributed by atoms with E-state index in [2.05, 4.69) is 4.90 Å². The summed E-state index contributed by atoms with van der Waals surface area (Å²) in [4.78, 5) is 2.53. The number of hydrogen-bond acceptors (Lipinski definition) is 4. The Morgan fingerprint density at radius 2 is 1.82 bits per heavy atom. The fourth-order valence-corrected chi connectivity index (χ4v) is 4.44. The molecule has 1 N–H and O–H groups in total. The van der Waals surface area contributed by atoms with Crippen molar-refractivity contribution in [2.75, 3.05) is 32.7 Å². The van der Waals surface area contributed by atoms with Crippen molar-refractivity contribution in [2.24, 2.45) is 0 Å². The van der Waals surface area contributed by atoms with Crippen LogP contribution in [0.15, 0.2) is 23.1 Å². The first-order valence-corrected chi connectivity index (χ1v) is 9.26. The van der Waals surface area contributed by atoms with E-state index in [1.54, 1.807) is 10.4 Å². The Labute approximate surface area is 133 Å². The molecule has 0 bridgehead atoms. The highest BCUT2D eigenvalue weighted by Gasteiger charge is 2.29. The van der Waals surface area contributed by atoms with Gasteiger partial charge in [-0.15, -0.1) is 0 Å². The van der Waals surface area contributed by atoms with E-state index in [1.807, 2.05) is 32.9 Å². The summed E-state index contributed by atoms with van der Waals surface area (Å²) in [6.07, 6.45) is 0.392. The Balaban J connectivity index is 2.06. The number of β-amino-alcohol motifs (C(OH)–C–C–N with tert-alkyl or cyclic N) is 1. The maximum atomic E-state index is 12.8. The van der Waals surface area contributed by atoms with Gasteiger partial charge in [0.15, 0.2) is 0 Å². The number of piperazine rings is 1. The third kappa shape index (κ3) is 3.87. The summed E-state index contributed by atoms with van der Waals surface area (Å²) in [5.74, 6) is 0. The van der Waals surface area contributed by atoms with Gasteiger partial charge in [-0.2, -0.15) is 4.31 Å². The van der Waals surface area contributed by atoms with Crippen molar-refractivity contribution in [2.45, 2.75) is 38.2 Å². The molecular weight excluding hydrogens is 300 g/mol. The predicted octanol–water partition coefficient (Wildman–Crippen LogP) is 1.38. The molecule has 1 fully saturated rings. The van der Waals surface area contributed by atoms with Gasteiger partial charge in [0.05, 0.1) is 11.0 Å². The molecule has 0 saturated carbocycles. The smallest absolute Gasteiger partial charge is 0.243 e. The van der Waals surface area contributed by atoms with Crippen LogP contribution in [0.25, 0.3) is 0 Å². The van der Waals surface area contributed by atoms with Crippen LogP contribution in [0, 0.1) is 13.8 Å². The van der Waals surface area contributed by atoms with Gasteiger partial charge >= 0.3 is 0 Å². The fraction of sp³-hybridized carbons (Fsp3) is 0.625. The molecule has 1 aromatic rings. The molecule has 1 aliphatic rings. The van der Waals surface area contributed by atoms with Crippen molar-refractivity contribution in [3.63, 3.8) is 0 Å². The summed E-state index contributed by atoms with van der Waals surface area (Å²) in [7, 11) is -3.42. The summed E-state index contributed by atoms with van der Waals surface area (Å²) >= 11 is 0. The average molecular weight is 326 g/mol. The lowest BCUT2D eigenvalue weighted by Gasteiger charge is -2.35. The Hall–Kier alpha value is -0.950. The van der Waals surface area contributed by atoms with E-state index in [1.165, 1.54) is 0 Å². The zero-order chi connectivity index (χ0) is 16.3. The van der Waals surface area contributed by atoms with Gasteiger partial charge in [0, 0.05) is 32.7 Å². The molecule has 0 aromatic heterocycles. The summed E-state index contributed by atoms with van der Waals surface area (Å²) in [6.45, 7) is 8.66. The van der Waals surface area contributed by atoms with E-state index in [9.17, 15) is 13.5 Å². The van der Waals surface area contributed by atoms with Gasteiger partial charge in [-0.25, -0.2) is 8.42 Å². The second-order valence-electron chi connectivity index (χ2n) is 6.04. The van der Waals surface area contributed by atoms with Gasteiger partial charge in [0.2, 0.25) is 10.0 Å². The lowest BCUT2D eigenvalue weighted by Crippen LogP contribution is -2.50. The van der Waals surface area contributed by atoms with Gasteiger partial charge in [0.1, 0.15) is 0 Å². The number of nitrogens with zero attached hydrogens (tertiary/aromatic N) is 2. The van der Waals surface area contributed by atoms with Gasteiger partial charge in [-0.1, -0.05) is 24.6 Å². The van der Waals surface area contributed by atoms with E-state index in [0.29, 0.717) is 37.6 Å². The fourth-order valence-electron chi connectivity index (χ4n) is 2.81. The first kappa shape index (κ1) is 17.4. The Morgan fingerprint density at radius 1 is 1.18 bits per heavy atom. The molecule has 1 atom stereocenters. The Bertz CT molecular complexity index is 608. The summed E-state index contributed by atoms with van der Waals surface area (Å²) in [6, 6.07) is 5.45. The van der Waals surface area contributed by atoms with Crippen LogP contribution in [-0.4, -0.2) is 61.6 Å². The van der Waals surface area contributed by atoms with Gasteiger partial charge in [0.25, 0.3) is 0 Å². The molecule has 1 aromatic carbocycles. The van der Waals surface area contributed by atoms with E-state index < -0.39 is 10.0 Å². The lowest BCUT2D eigenvalue weighted by molar-refractivity contribution is 0.0896. The number of aryl methyl sites for hydroxylation is 2. The van der Waals surface area contributed by atoms with Crippen molar-refractivity contribution in [3.05, 3.63) is 29.3 Å². The molecule has 1 heterocycles. The summed E-state index contributed by atoms with van der Waals surface area (Å²) in [5, 5.41) is 9.70. The molecule has 22 heavy (non-hydrogen) atoms. The average Bonchev–Trinajstić information content (AvgIpc) is 2.47. The number of rotatable bonds is 5. The molecule has 0 unspecified atom stereocenters. The second kappa shape index (κ2) is 7.08. The monoisotopic (exact) mass is 326 g/mol. The summed E-state index contributed by atoms with van der Waals surface area (Å²) in [5.41, 5.74) is 1.86. The highest BCUT2D eigenvalue weighted by atomic mass is 32.2. The van der Waals surface area contributed by atoms with Crippen LogP contribution in [0.1, 0.15) is 24.5 Å². The molecule has 124 valence electrons. The minimum atomic E-state index is -3.42. The van der Waals surface area contributed by atoms with Crippen molar-refractivity contribution >= 4 is 10.0 Å². The van der Waals surface area contributed by atoms with E-state index in [4.69, 9.17) is 0 Å². The molecule has 0 amide bonds. The van der Waals surface area contributed by atoms with E-state index in [-0.39, 0.29) is 6.10 Å². The molecule has 1 aliphatic heterocycles. The maximum Gasteiger partial charge on any atom is 0.243 e. The highest BCUT2D eigenvalue weighted by molar-refractivity contribution is 7.89. The minimum Gasteiger partial charge on any atom is -0.392 e. The second-order valence-corrected chi connectivity index (χ2v) is 7.94. The normalized spacial score (nSPS) is 19.3. The summed E-state index contributed by atoms with van der Waals surface area (Å²) < 4.78 is 27.1. The van der Waals surface area contributed by atoms with Gasteiger partial charge < -0.3 is 5.11 Å². The lowest BCUT2D eigenvalue weighted by atomic mass is 10.2. The molecule has 5 nitrogen and oxygen atoms in total. The van der Waals surface area contributed by atoms with Crippen LogP contribution in [0.5, 0.6) is 0 Å². The van der Waals surface area contributed by atoms with Crippen LogP contribution in [0.4, 0.5) is 0 Å². The van der Waals surface area contributed by atoms with Gasteiger partial charge in [-0.05, 0) is 31.9 Å². The predicted molar refractivity (Wildman–Crippen MR) is 87.4 cm³/mol. The molecule has 2 rings (SSSR count). The van der Waals surface area contributed by atoms with Gasteiger partial charge in [-0.3, -0.25) is 4.90 Å². The first-order chi connectivity index (χ1) is 10.3. The zero-order valence-corrected chi connectivity index (χ0v) is 14.4. The third-order valence-corrected chi connectivity index (χ3v) is 6.28. The highest BCUT2D eigenvalue weighted by Crippen LogP contribution is 2.22. The van der Waals surface area contributed by atoms with Crippen LogP contribution in [0.3, 0.4) is 0 Å². The van der Waals surface area contributed by atoms with Crippen LogP contribution in [-0.2, 0) is 10.0 Å². The largest absolute Gasteiger partial charge is 0.392 e. The van der Waals surface area contributed by atoms with Crippen molar-refractivity contribution in [1.82, 2.24) is 9.21 Å². The molecule has 1 saturated heterocycles. The van der Waals surface area contributed by atoms with Crippen molar-refractivity contribution in [1.29, 1.82) is 0 Å². The third-order valence-electron chi connectivity index (χ3n) is 4.22. The van der Waals surface area contributed by atoms with E-state index in [0.717, 1.165) is 17.5 Å². The molecule has 6 heteroatoms.